The summed E-state index contributed by atoms with van der Waals surface area (Å²) >= 11 is 1.46. The third-order valence-corrected chi connectivity index (χ3v) is 7.17. The van der Waals surface area contributed by atoms with E-state index in [2.05, 4.69) is 129 Å². The molecule has 0 saturated carbocycles. The SMILES string of the molecule is CC(C)c1ccc2c(c1)C=CC2[c-]1cccc1.[Cl-].[Cl-].[Zr+2]=[C](c1ccccc1)c1ccccc1. The summed E-state index contributed by atoms with van der Waals surface area (Å²) in [6, 6.07) is 36.6. The Bertz CT molecular complexity index is 1120. The fraction of sp³-hybridized carbons (Fsp3) is 0.133. The zero-order chi connectivity index (χ0) is 21.6. The average molecular weight is 550 g/mol. The summed E-state index contributed by atoms with van der Waals surface area (Å²) in [4.78, 5) is 0. The topological polar surface area (TPSA) is 0 Å². The second-order valence-electron chi connectivity index (χ2n) is 8.21. The molecule has 0 saturated heterocycles. The fourth-order valence-corrected chi connectivity index (χ4v) is 4.77. The van der Waals surface area contributed by atoms with E-state index in [-0.39, 0.29) is 24.8 Å². The first kappa shape index (κ1) is 27.3. The van der Waals surface area contributed by atoms with E-state index in [4.69, 9.17) is 0 Å². The predicted octanol–water partition coefficient (Wildman–Crippen LogP) is 1.50. The van der Waals surface area contributed by atoms with Crippen LogP contribution in [0.25, 0.3) is 6.08 Å². The molecule has 1 unspecified atom stereocenters. The minimum atomic E-state index is 0. The van der Waals surface area contributed by atoms with E-state index in [0.29, 0.717) is 11.8 Å². The summed E-state index contributed by atoms with van der Waals surface area (Å²) in [6.07, 6.45) is 4.57. The van der Waals surface area contributed by atoms with Gasteiger partial charge >= 0.3 is 99.2 Å². The van der Waals surface area contributed by atoms with Crippen molar-refractivity contribution in [2.75, 3.05) is 0 Å². The zero-order valence-electron chi connectivity index (χ0n) is 18.9. The first-order valence-electron chi connectivity index (χ1n) is 10.9. The molecule has 0 N–H and O–H groups in total. The van der Waals surface area contributed by atoms with Crippen molar-refractivity contribution in [3.8, 4) is 0 Å². The molecule has 0 spiro atoms. The predicted molar refractivity (Wildman–Crippen MR) is 130 cm³/mol. The molecule has 166 valence electrons. The standard InChI is InChI=1S/C17H17.C13H10.2ClH.Zr/c1-12(2)14-7-9-17-15(11-14)8-10-16(17)13-5-3-4-6-13;1-3-7-12(8-4-1)11-13-9-5-2-6-10-13;;;/h3-12,16H,1-2H3;1-10H;2*1H;/q-1;;;;+2/p-2. The maximum atomic E-state index is 2.33. The first-order valence-corrected chi connectivity index (χ1v) is 12.1. The van der Waals surface area contributed by atoms with Crippen LogP contribution in [-0.2, 0) is 24.2 Å². The van der Waals surface area contributed by atoms with Gasteiger partial charge in [0.1, 0.15) is 0 Å². The Morgan fingerprint density at radius 1 is 0.758 bits per heavy atom. The summed E-state index contributed by atoms with van der Waals surface area (Å²) < 4.78 is 1.42. The van der Waals surface area contributed by atoms with Crippen LogP contribution in [0.3, 0.4) is 0 Å². The van der Waals surface area contributed by atoms with Crippen molar-refractivity contribution < 1.29 is 49.0 Å². The fourth-order valence-electron chi connectivity index (χ4n) is 3.95. The Kier molecular flexibility index (Phi) is 10.8. The van der Waals surface area contributed by atoms with Gasteiger partial charge in [0.25, 0.3) is 0 Å². The molecule has 0 aliphatic heterocycles. The van der Waals surface area contributed by atoms with Crippen LogP contribution in [0.2, 0.25) is 0 Å². The average Bonchev–Trinajstić information content (AvgIpc) is 3.49. The summed E-state index contributed by atoms with van der Waals surface area (Å²) in [5.41, 5.74) is 8.32. The first-order chi connectivity index (χ1) is 15.1. The molecule has 1 aliphatic carbocycles. The van der Waals surface area contributed by atoms with Gasteiger partial charge in [0, 0.05) is 0 Å². The van der Waals surface area contributed by atoms with Crippen LogP contribution < -0.4 is 24.8 Å². The summed E-state index contributed by atoms with van der Waals surface area (Å²) in [5, 5.41) is 0. The van der Waals surface area contributed by atoms with Gasteiger partial charge in [0.15, 0.2) is 0 Å². The van der Waals surface area contributed by atoms with Gasteiger partial charge in [-0.05, 0) is 28.5 Å². The Morgan fingerprint density at radius 3 is 1.82 bits per heavy atom. The van der Waals surface area contributed by atoms with E-state index in [0.717, 1.165) is 0 Å². The number of hydrogen-bond acceptors (Lipinski definition) is 0. The van der Waals surface area contributed by atoms with Gasteiger partial charge < -0.3 is 24.8 Å². The Morgan fingerprint density at radius 2 is 1.30 bits per heavy atom. The van der Waals surface area contributed by atoms with E-state index in [1.807, 2.05) is 0 Å². The second kappa shape index (κ2) is 13.1. The van der Waals surface area contributed by atoms with Crippen LogP contribution in [0.15, 0.2) is 109 Å². The zero-order valence-corrected chi connectivity index (χ0v) is 22.9. The molecule has 0 bridgehead atoms. The van der Waals surface area contributed by atoms with Crippen LogP contribution in [0.5, 0.6) is 0 Å². The third-order valence-electron chi connectivity index (χ3n) is 5.75. The van der Waals surface area contributed by atoms with Crippen molar-refractivity contribution in [2.45, 2.75) is 25.7 Å². The van der Waals surface area contributed by atoms with E-state index < -0.39 is 0 Å². The second-order valence-corrected chi connectivity index (χ2v) is 9.43. The van der Waals surface area contributed by atoms with E-state index in [9.17, 15) is 0 Å². The third kappa shape index (κ3) is 6.80. The summed E-state index contributed by atoms with van der Waals surface area (Å²) in [5.74, 6) is 1.06. The maximum absolute atomic E-state index is 2.33. The summed E-state index contributed by atoms with van der Waals surface area (Å²) in [7, 11) is 0. The van der Waals surface area contributed by atoms with E-state index in [1.54, 1.807) is 0 Å². The van der Waals surface area contributed by atoms with Crippen LogP contribution >= 0.6 is 0 Å². The Balaban J connectivity index is 0.000000224. The molecule has 0 fully saturated rings. The van der Waals surface area contributed by atoms with E-state index >= 15 is 0 Å². The van der Waals surface area contributed by atoms with Crippen molar-refractivity contribution in [1.82, 2.24) is 0 Å². The molecule has 3 heteroatoms. The van der Waals surface area contributed by atoms with Gasteiger partial charge in [-0.15, -0.1) is 5.56 Å². The van der Waals surface area contributed by atoms with Gasteiger partial charge in [-0.1, -0.05) is 44.2 Å². The Hall–Kier alpha value is -1.92. The van der Waals surface area contributed by atoms with E-state index in [1.165, 1.54) is 60.8 Å². The molecule has 1 aliphatic rings. The molecule has 0 aromatic heterocycles. The molecule has 0 radical (unpaired) electrons. The van der Waals surface area contributed by atoms with Crippen molar-refractivity contribution >= 4 is 9.28 Å². The van der Waals surface area contributed by atoms with Crippen molar-refractivity contribution in [3.63, 3.8) is 0 Å². The van der Waals surface area contributed by atoms with Gasteiger partial charge in [-0.2, -0.15) is 12.1 Å². The quantitative estimate of drug-likeness (QED) is 0.339. The molecule has 0 heterocycles. The molecule has 4 aromatic rings. The molecule has 5 rings (SSSR count). The van der Waals surface area contributed by atoms with Gasteiger partial charge in [0.2, 0.25) is 0 Å². The molecular weight excluding hydrogens is 522 g/mol. The molecule has 33 heavy (non-hydrogen) atoms. The number of allylic oxidation sites excluding steroid dienone is 1. The Labute approximate surface area is 225 Å². The number of halogens is 2. The van der Waals surface area contributed by atoms with Crippen LogP contribution in [0.4, 0.5) is 0 Å². The number of hydrogen-bond donors (Lipinski definition) is 0. The van der Waals surface area contributed by atoms with Gasteiger partial charge in [-0.25, -0.2) is 12.1 Å². The van der Waals surface area contributed by atoms with Gasteiger partial charge in [-0.3, -0.25) is 0 Å². The van der Waals surface area contributed by atoms with Crippen molar-refractivity contribution in [2.24, 2.45) is 0 Å². The monoisotopic (exact) mass is 547 g/mol. The van der Waals surface area contributed by atoms with Crippen molar-refractivity contribution in [3.05, 3.63) is 143 Å². The minimum absolute atomic E-state index is 0. The number of benzene rings is 3. The van der Waals surface area contributed by atoms with Crippen molar-refractivity contribution in [1.29, 1.82) is 0 Å². The molecule has 1 atom stereocenters. The van der Waals surface area contributed by atoms with Crippen LogP contribution in [-0.4, -0.2) is 3.21 Å². The molecule has 4 aromatic carbocycles. The number of rotatable bonds is 4. The van der Waals surface area contributed by atoms with Crippen LogP contribution in [0.1, 0.15) is 59.1 Å². The normalized spacial score (nSPS) is 13.3. The van der Waals surface area contributed by atoms with Crippen LogP contribution in [0, 0.1) is 0 Å². The number of fused-ring (bicyclic) bond motifs is 1. The molecule has 0 nitrogen and oxygen atoms in total. The summed E-state index contributed by atoms with van der Waals surface area (Å²) in [6.45, 7) is 4.49. The molecule has 0 amide bonds. The van der Waals surface area contributed by atoms with Gasteiger partial charge in [0.05, 0.1) is 0 Å². The molecular formula is C30H27Cl2Zr-.